The Labute approximate surface area is 287 Å². The zero-order valence-corrected chi connectivity index (χ0v) is 27.9. The molecule has 5 heterocycles. The molecule has 0 bridgehead atoms. The molecule has 3 atom stereocenters. The summed E-state index contributed by atoms with van der Waals surface area (Å²) in [5.74, 6) is -5.71. The summed E-state index contributed by atoms with van der Waals surface area (Å²) in [6.45, 7) is 1.48. The average Bonchev–Trinajstić information content (AvgIpc) is 3.59. The molecule has 16 nitrogen and oxygen atoms in total. The number of carboxylic acids is 2. The monoisotopic (exact) mass is 746 g/mol. The lowest BCUT2D eigenvalue weighted by molar-refractivity contribution is -0.664. The number of hydrogen-bond donors (Lipinski definition) is 5. The van der Waals surface area contributed by atoms with Crippen molar-refractivity contribution in [2.75, 3.05) is 25.1 Å². The maximum Gasteiger partial charge on any atom is 0.475 e. The number of aryl methyl sites for hydroxylation is 1. The number of rotatable bonds is 13. The number of oxime groups is 1. The van der Waals surface area contributed by atoms with Gasteiger partial charge in [-0.1, -0.05) is 28.1 Å². The molecule has 3 aromatic heterocycles. The van der Waals surface area contributed by atoms with Gasteiger partial charge in [-0.3, -0.25) is 19.1 Å². The van der Waals surface area contributed by atoms with Gasteiger partial charge in [0.15, 0.2) is 10.8 Å². The van der Waals surface area contributed by atoms with Crippen LogP contribution < -0.4 is 20.9 Å². The summed E-state index contributed by atoms with van der Waals surface area (Å²) in [4.78, 5) is 64.1. The van der Waals surface area contributed by atoms with E-state index in [9.17, 15) is 37.5 Å². The number of nitrogen functional groups attached to an aromatic ring is 1. The Bertz CT molecular complexity index is 1900. The Morgan fingerprint density at radius 3 is 2.65 bits per heavy atom. The third kappa shape index (κ3) is 7.14. The van der Waals surface area contributed by atoms with Crippen LogP contribution in [0, 0.1) is 0 Å². The quantitative estimate of drug-likeness (QED) is 0.0550. The molecule has 2 aliphatic heterocycles. The lowest BCUT2D eigenvalue weighted by Crippen LogP contribution is -2.71. The number of nitrogens with two attached hydrogens (primary N) is 1. The molecule has 0 aromatic carbocycles. The van der Waals surface area contributed by atoms with Crippen LogP contribution in [0.25, 0.3) is 11.2 Å². The Balaban J connectivity index is 1.42. The Hall–Kier alpha value is -4.47. The van der Waals surface area contributed by atoms with E-state index in [1.165, 1.54) is 22.9 Å². The fraction of sp³-hybridized carbons (Fsp3) is 0.407. The van der Waals surface area contributed by atoms with Crippen LogP contribution in [-0.2, 0) is 43.3 Å². The molecular weight excluding hydrogens is 719 g/mol. The number of hydrogen-bond acceptors (Lipinski definition) is 12. The summed E-state index contributed by atoms with van der Waals surface area (Å²) in [7, 11) is 1.69. The van der Waals surface area contributed by atoms with Gasteiger partial charge in [0.05, 0.1) is 6.20 Å². The van der Waals surface area contributed by atoms with Gasteiger partial charge < -0.3 is 31.4 Å². The predicted octanol–water partition coefficient (Wildman–Crippen LogP) is 1.28. The average molecular weight is 747 g/mol. The molecule has 1 saturated heterocycles. The smallest absolute Gasteiger partial charge is 0.475 e. The van der Waals surface area contributed by atoms with Crippen LogP contribution in [0.2, 0.25) is 4.34 Å². The molecule has 0 aliphatic carbocycles. The van der Waals surface area contributed by atoms with Crippen molar-refractivity contribution in [3.63, 3.8) is 0 Å². The highest BCUT2D eigenvalue weighted by atomic mass is 35.5. The maximum absolute atomic E-state index is 14.0. The number of carbonyl (C=O) groups excluding carboxylic acids is 2. The number of carbonyl (C=O) groups is 4. The molecule has 1 unspecified atom stereocenters. The van der Waals surface area contributed by atoms with Gasteiger partial charge >= 0.3 is 29.6 Å². The fourth-order valence-corrected chi connectivity index (χ4v) is 7.44. The van der Waals surface area contributed by atoms with E-state index < -0.39 is 59.0 Å². The molecule has 22 heteroatoms. The van der Waals surface area contributed by atoms with E-state index in [1.807, 2.05) is 0 Å². The molecule has 49 heavy (non-hydrogen) atoms. The molecule has 5 rings (SSSR count). The summed E-state index contributed by atoms with van der Waals surface area (Å²) in [5.41, 5.74) is 4.92. The first-order valence-corrected chi connectivity index (χ1v) is 16.6. The van der Waals surface area contributed by atoms with Gasteiger partial charge in [-0.05, 0) is 44.1 Å². The van der Waals surface area contributed by atoms with Crippen LogP contribution in [-0.4, -0.2) is 96.0 Å². The largest absolute Gasteiger partial charge is 0.478 e. The van der Waals surface area contributed by atoms with Crippen molar-refractivity contribution in [2.24, 2.45) is 5.16 Å². The van der Waals surface area contributed by atoms with Gasteiger partial charge in [-0.2, -0.15) is 13.2 Å². The minimum atomic E-state index is -4.75. The number of aromatic nitrogens is 4. The number of fused-ring (bicyclic) bond motifs is 2. The molecular formula is C27H28ClF3N9O7S2+. The number of aliphatic carboxylic acids is 2. The highest BCUT2D eigenvalue weighted by Gasteiger charge is 2.55. The van der Waals surface area contributed by atoms with Crippen LogP contribution in [0.4, 0.5) is 18.3 Å². The third-order valence-corrected chi connectivity index (χ3v) is 9.85. The van der Waals surface area contributed by atoms with Gasteiger partial charge in [-0.15, -0.1) is 11.8 Å². The molecule has 0 saturated carbocycles. The van der Waals surface area contributed by atoms with E-state index in [-0.39, 0.29) is 56.4 Å². The summed E-state index contributed by atoms with van der Waals surface area (Å²) in [5, 5.41) is 27.3. The maximum atomic E-state index is 14.0. The molecule has 1 fully saturated rings. The lowest BCUT2D eigenvalue weighted by atomic mass is 10.0. The number of alkyl halides is 3. The second-order valence-corrected chi connectivity index (χ2v) is 13.4. The molecule has 2 aliphatic rings. The zero-order chi connectivity index (χ0) is 35.8. The van der Waals surface area contributed by atoms with Crippen LogP contribution in [0.15, 0.2) is 34.8 Å². The summed E-state index contributed by atoms with van der Waals surface area (Å²) in [6, 6.07) is 1.78. The number of nitrogens with zero attached hydrogens (tertiary/aromatic N) is 6. The Kier molecular flexibility index (Phi) is 10.4. The number of halogens is 4. The van der Waals surface area contributed by atoms with Crippen molar-refractivity contribution >= 4 is 80.5 Å². The Morgan fingerprint density at radius 2 is 2.04 bits per heavy atom. The Morgan fingerprint density at radius 1 is 1.31 bits per heavy atom. The number of amides is 2. The second kappa shape index (κ2) is 14.2. The number of nitrogens with one attached hydrogen (secondary N) is 2. The second-order valence-electron chi connectivity index (χ2n) is 10.7. The first-order valence-electron chi connectivity index (χ1n) is 14.3. The van der Waals surface area contributed by atoms with E-state index in [0.717, 1.165) is 39.5 Å². The zero-order valence-electron chi connectivity index (χ0n) is 25.5. The summed E-state index contributed by atoms with van der Waals surface area (Å²) in [6.07, 6.45) is -4.34. The molecule has 2 amide bonds. The van der Waals surface area contributed by atoms with Crippen molar-refractivity contribution in [2.45, 2.75) is 50.1 Å². The number of thiazole rings is 1. The van der Waals surface area contributed by atoms with Crippen molar-refractivity contribution in [1.82, 2.24) is 30.1 Å². The number of imidazole rings is 1. The van der Waals surface area contributed by atoms with Crippen LogP contribution in [0.1, 0.15) is 24.9 Å². The standard InChI is InChI=1S/C27H27ClF3N9O7S2/c1-11(23(43)44)47-37-15(14-18(28)49-26(32)35-14)20(41)34-16-21(42)40-17(24(45)46)12(10-48-22(16)40)9-38-7-3-5-13-19(38)36-25(27(29,30)31)39(13)8-4-6-33-2/h3,5,7,11,16,22,33H,4,6,8-10H2,1-2H3,(H4-,32,34,35,41,43,44,45,46)/p+1/t11-,16+,22?/m0/s1. The third-order valence-electron chi connectivity index (χ3n) is 7.43. The van der Waals surface area contributed by atoms with Gasteiger partial charge in [0.1, 0.15) is 39.2 Å². The number of anilines is 1. The van der Waals surface area contributed by atoms with Crippen LogP contribution in [0.5, 0.6) is 0 Å². The predicted molar refractivity (Wildman–Crippen MR) is 169 cm³/mol. The van der Waals surface area contributed by atoms with E-state index >= 15 is 0 Å². The molecule has 0 spiro atoms. The number of pyridine rings is 1. The lowest BCUT2D eigenvalue weighted by Gasteiger charge is -2.49. The highest BCUT2D eigenvalue weighted by molar-refractivity contribution is 8.00. The van der Waals surface area contributed by atoms with Crippen molar-refractivity contribution < 1.29 is 52.0 Å². The van der Waals surface area contributed by atoms with Crippen LogP contribution >= 0.6 is 34.7 Å². The summed E-state index contributed by atoms with van der Waals surface area (Å²) < 4.78 is 44.3. The summed E-state index contributed by atoms with van der Waals surface area (Å²) >= 11 is 8.07. The van der Waals surface area contributed by atoms with Gasteiger partial charge in [0.25, 0.3) is 11.8 Å². The van der Waals surface area contributed by atoms with Crippen LogP contribution in [0.3, 0.4) is 0 Å². The number of β-lactam (4-membered cyclic amide) rings is 1. The fourth-order valence-electron chi connectivity index (χ4n) is 5.17. The minimum Gasteiger partial charge on any atom is -0.478 e. The number of carboxylic acid groups (broad SMARTS) is 2. The van der Waals surface area contributed by atoms with Gasteiger partial charge in [-0.25, -0.2) is 19.1 Å². The van der Waals surface area contributed by atoms with Crippen molar-refractivity contribution in [3.05, 3.63) is 45.5 Å². The van der Waals surface area contributed by atoms with E-state index in [4.69, 9.17) is 27.3 Å². The van der Waals surface area contributed by atoms with E-state index in [2.05, 4.69) is 25.8 Å². The topological polar surface area (TPSA) is 218 Å². The van der Waals surface area contributed by atoms with E-state index in [1.54, 1.807) is 7.05 Å². The van der Waals surface area contributed by atoms with Gasteiger partial charge in [0.2, 0.25) is 6.10 Å². The minimum absolute atomic E-state index is 0.0173. The normalized spacial score (nSPS) is 18.7. The van der Waals surface area contributed by atoms with E-state index in [0.29, 0.717) is 13.0 Å². The highest BCUT2D eigenvalue weighted by Crippen LogP contribution is 2.41. The molecule has 0 radical (unpaired) electrons. The SMILES string of the molecule is CNCCCn1c(C(F)(F)F)nc2c1ccc[n+]2CC1=C(C(=O)O)N2C(=O)[C@@H](NC(=O)C(=NO[C@@H](C)C(=O)O)c3nc(N)sc3Cl)C2SC1. The molecule has 3 aromatic rings. The number of thioether (sulfide) groups is 1. The molecule has 262 valence electrons. The first kappa shape index (κ1) is 35.8. The van der Waals surface area contributed by atoms with Crippen molar-refractivity contribution in [1.29, 1.82) is 0 Å². The van der Waals surface area contributed by atoms with Crippen molar-refractivity contribution in [3.8, 4) is 0 Å². The van der Waals surface area contributed by atoms with Gasteiger partial charge in [0, 0.05) is 17.9 Å². The molecule has 6 N–H and O–H groups in total. The first-order chi connectivity index (χ1) is 23.1.